The van der Waals surface area contributed by atoms with Gasteiger partial charge in [-0.15, -0.1) is 0 Å². The van der Waals surface area contributed by atoms with Gasteiger partial charge in [-0.3, -0.25) is 14.4 Å². The molecule has 11 heteroatoms. The fourth-order valence-corrected chi connectivity index (χ4v) is 4.88. The van der Waals surface area contributed by atoms with Crippen LogP contribution in [0.5, 0.6) is 5.75 Å². The Labute approximate surface area is 198 Å². The normalized spacial score (nSPS) is 13.1. The molecule has 0 atom stereocenters. The van der Waals surface area contributed by atoms with E-state index in [2.05, 4.69) is 0 Å². The van der Waals surface area contributed by atoms with Gasteiger partial charge in [0.15, 0.2) is 5.75 Å². The Bertz CT molecular complexity index is 1500. The van der Waals surface area contributed by atoms with E-state index >= 15 is 0 Å². The molecule has 1 aliphatic rings. The zero-order valence-electron chi connectivity index (χ0n) is 17.3. The van der Waals surface area contributed by atoms with Gasteiger partial charge in [0.2, 0.25) is 9.84 Å². The average molecular weight is 500 g/mol. The monoisotopic (exact) mass is 499 g/mol. The summed E-state index contributed by atoms with van der Waals surface area (Å²) in [5, 5.41) is 9.18. The molecule has 0 aliphatic carbocycles. The number of rotatable bonds is 5. The summed E-state index contributed by atoms with van der Waals surface area (Å²) < 4.78 is 31.2. The van der Waals surface area contributed by atoms with Gasteiger partial charge >= 0.3 is 11.9 Å². The summed E-state index contributed by atoms with van der Waals surface area (Å²) in [6.45, 7) is 1.15. The molecule has 4 rings (SSSR count). The van der Waals surface area contributed by atoms with E-state index in [0.717, 1.165) is 42.2 Å². The molecule has 0 spiro atoms. The zero-order valence-corrected chi connectivity index (χ0v) is 18.9. The molecule has 0 saturated carbocycles. The Morgan fingerprint density at radius 2 is 1.50 bits per heavy atom. The highest BCUT2D eigenvalue weighted by Crippen LogP contribution is 2.38. The van der Waals surface area contributed by atoms with Crippen LogP contribution in [0.25, 0.3) is 0 Å². The van der Waals surface area contributed by atoms with Crippen LogP contribution in [0, 0.1) is 0 Å². The molecule has 0 unspecified atom stereocenters. The number of fused-ring (bicyclic) bond motifs is 1. The van der Waals surface area contributed by atoms with Crippen LogP contribution in [0.15, 0.2) is 70.5 Å². The number of carbonyl (C=O) groups is 4. The maximum absolute atomic E-state index is 13.2. The molecule has 3 aromatic rings. The Balaban J connectivity index is 1.76. The summed E-state index contributed by atoms with van der Waals surface area (Å²) in [4.78, 5) is 48.9. The van der Waals surface area contributed by atoms with Gasteiger partial charge in [-0.25, -0.2) is 18.1 Å². The number of esters is 1. The first-order valence-corrected chi connectivity index (χ1v) is 11.5. The molecule has 1 N–H and O–H groups in total. The van der Waals surface area contributed by atoms with Crippen LogP contribution in [-0.2, 0) is 14.6 Å². The van der Waals surface area contributed by atoms with Crippen molar-refractivity contribution < 1.29 is 37.4 Å². The number of hydrogen-bond acceptors (Lipinski definition) is 7. The largest absolute Gasteiger partial charge is 0.478 e. The van der Waals surface area contributed by atoms with E-state index in [-0.39, 0.29) is 42.9 Å². The number of aromatic carboxylic acids is 1. The van der Waals surface area contributed by atoms with Crippen molar-refractivity contribution in [3.8, 4) is 5.75 Å². The van der Waals surface area contributed by atoms with Crippen LogP contribution in [0.4, 0.5) is 5.69 Å². The van der Waals surface area contributed by atoms with Crippen molar-refractivity contribution in [2.75, 3.05) is 4.90 Å². The van der Waals surface area contributed by atoms with Gasteiger partial charge in [0.25, 0.3) is 11.8 Å². The number of sulfone groups is 1. The van der Waals surface area contributed by atoms with Gasteiger partial charge in [-0.1, -0.05) is 11.6 Å². The lowest BCUT2D eigenvalue weighted by Gasteiger charge is -2.17. The molecule has 3 aromatic carbocycles. The first-order chi connectivity index (χ1) is 16.0. The van der Waals surface area contributed by atoms with Crippen LogP contribution < -0.4 is 9.64 Å². The van der Waals surface area contributed by atoms with E-state index < -0.39 is 33.6 Å². The summed E-state index contributed by atoms with van der Waals surface area (Å²) in [7, 11) is -4.12. The minimum absolute atomic E-state index is 0.0427. The first kappa shape index (κ1) is 23.1. The summed E-state index contributed by atoms with van der Waals surface area (Å²) >= 11 is 6.02. The van der Waals surface area contributed by atoms with Gasteiger partial charge in [0.1, 0.15) is 0 Å². The van der Waals surface area contributed by atoms with Gasteiger partial charge in [0.05, 0.1) is 32.2 Å². The molecule has 0 fully saturated rings. The third-order valence-electron chi connectivity index (χ3n) is 5.00. The topological polar surface area (TPSA) is 135 Å². The van der Waals surface area contributed by atoms with Gasteiger partial charge < -0.3 is 9.84 Å². The Morgan fingerprint density at radius 3 is 2.12 bits per heavy atom. The standard InChI is InChI=1S/C23H14ClNO8S/c1-12(26)33-20-9-4-14(24)10-19(20)25-21(27)17-8-7-16(11-18(17)22(25)28)34(31,32)15-5-2-13(3-6-15)23(29)30/h2-11H,1H3,(H,29,30). The van der Waals surface area contributed by atoms with Crippen LogP contribution in [0.3, 0.4) is 0 Å². The molecule has 0 saturated heterocycles. The molecular formula is C23H14ClNO8S. The molecule has 1 heterocycles. The highest BCUT2D eigenvalue weighted by Gasteiger charge is 2.39. The summed E-state index contributed by atoms with van der Waals surface area (Å²) in [6.07, 6.45) is 0. The molecule has 34 heavy (non-hydrogen) atoms. The third-order valence-corrected chi connectivity index (χ3v) is 7.00. The number of carboxylic acids is 1. The number of amides is 2. The smallest absolute Gasteiger partial charge is 0.335 e. The van der Waals surface area contributed by atoms with Gasteiger partial charge in [-0.2, -0.15) is 0 Å². The SMILES string of the molecule is CC(=O)Oc1ccc(Cl)cc1N1C(=O)c2ccc(S(=O)(=O)c3ccc(C(=O)O)cc3)cc2C1=O. The number of carboxylic acid groups (broad SMARTS) is 1. The molecule has 0 bridgehead atoms. The first-order valence-electron chi connectivity index (χ1n) is 9.60. The molecule has 0 aromatic heterocycles. The Morgan fingerprint density at radius 1 is 0.882 bits per heavy atom. The summed E-state index contributed by atoms with van der Waals surface area (Å²) in [6, 6.07) is 12.1. The van der Waals surface area contributed by atoms with E-state index in [1.54, 1.807) is 0 Å². The number of nitrogens with zero attached hydrogens (tertiary/aromatic N) is 1. The number of ether oxygens (including phenoxy) is 1. The second-order valence-corrected chi connectivity index (χ2v) is 9.58. The van der Waals surface area contributed by atoms with Crippen molar-refractivity contribution >= 4 is 50.9 Å². The lowest BCUT2D eigenvalue weighted by molar-refractivity contribution is -0.131. The van der Waals surface area contributed by atoms with Crippen LogP contribution in [0.2, 0.25) is 5.02 Å². The summed E-state index contributed by atoms with van der Waals surface area (Å²) in [5.74, 6) is -3.53. The van der Waals surface area contributed by atoms with E-state index in [9.17, 15) is 27.6 Å². The highest BCUT2D eigenvalue weighted by atomic mass is 35.5. The molecular weight excluding hydrogens is 486 g/mol. The lowest BCUT2D eigenvalue weighted by atomic mass is 10.1. The van der Waals surface area contributed by atoms with E-state index in [4.69, 9.17) is 21.4 Å². The Kier molecular flexibility index (Phi) is 5.72. The maximum Gasteiger partial charge on any atom is 0.335 e. The zero-order chi connectivity index (χ0) is 24.8. The fourth-order valence-electron chi connectivity index (χ4n) is 3.43. The minimum atomic E-state index is -4.12. The van der Waals surface area contributed by atoms with Crippen LogP contribution in [-0.4, -0.2) is 37.3 Å². The predicted molar refractivity (Wildman–Crippen MR) is 119 cm³/mol. The van der Waals surface area contributed by atoms with Gasteiger partial charge in [0, 0.05) is 11.9 Å². The van der Waals surface area contributed by atoms with Gasteiger partial charge in [-0.05, 0) is 60.7 Å². The second kappa shape index (κ2) is 8.40. The maximum atomic E-state index is 13.2. The number of carbonyl (C=O) groups excluding carboxylic acids is 3. The highest BCUT2D eigenvalue weighted by molar-refractivity contribution is 7.91. The van der Waals surface area contributed by atoms with Crippen LogP contribution in [0.1, 0.15) is 38.0 Å². The number of benzene rings is 3. The number of halogens is 1. The minimum Gasteiger partial charge on any atom is -0.478 e. The predicted octanol–water partition coefficient (Wildman–Crippen LogP) is 3.60. The molecule has 172 valence electrons. The second-order valence-electron chi connectivity index (χ2n) is 7.19. The number of hydrogen-bond donors (Lipinski definition) is 1. The third kappa shape index (κ3) is 3.93. The van der Waals surface area contributed by atoms with Crippen molar-refractivity contribution in [2.24, 2.45) is 0 Å². The Hall–Kier alpha value is -4.02. The molecule has 9 nitrogen and oxygen atoms in total. The van der Waals surface area contributed by atoms with Crippen molar-refractivity contribution in [3.63, 3.8) is 0 Å². The number of anilines is 1. The van der Waals surface area contributed by atoms with Crippen LogP contribution >= 0.6 is 11.6 Å². The fraction of sp³-hybridized carbons (Fsp3) is 0.0435. The van der Waals surface area contributed by atoms with Crippen molar-refractivity contribution in [3.05, 3.63) is 82.4 Å². The van der Waals surface area contributed by atoms with E-state index in [0.29, 0.717) is 0 Å². The lowest BCUT2D eigenvalue weighted by Crippen LogP contribution is -2.30. The summed E-state index contributed by atoms with van der Waals surface area (Å²) in [5.41, 5.74) is -0.363. The quantitative estimate of drug-likeness (QED) is 0.319. The van der Waals surface area contributed by atoms with Crippen molar-refractivity contribution in [1.29, 1.82) is 0 Å². The van der Waals surface area contributed by atoms with Crippen molar-refractivity contribution in [1.82, 2.24) is 0 Å². The number of imide groups is 1. The van der Waals surface area contributed by atoms with E-state index in [1.807, 2.05) is 0 Å². The molecule has 1 aliphatic heterocycles. The van der Waals surface area contributed by atoms with Crippen molar-refractivity contribution in [2.45, 2.75) is 16.7 Å². The van der Waals surface area contributed by atoms with E-state index in [1.165, 1.54) is 30.3 Å². The average Bonchev–Trinajstić information content (AvgIpc) is 3.04. The molecule has 0 radical (unpaired) electrons. The molecule has 2 amide bonds.